The molecule has 0 aliphatic carbocycles. The highest BCUT2D eigenvalue weighted by Crippen LogP contribution is 2.26. The minimum Gasteiger partial charge on any atom is -0.484 e. The summed E-state index contributed by atoms with van der Waals surface area (Å²) in [6.07, 6.45) is 0. The fraction of sp³-hybridized carbons (Fsp3) is 0.125. The van der Waals surface area contributed by atoms with Gasteiger partial charge in [-0.1, -0.05) is 22.9 Å². The molecule has 3 aromatic rings. The molecule has 0 spiro atoms. The van der Waals surface area contributed by atoms with Crippen molar-refractivity contribution in [2.24, 2.45) is 0 Å². The maximum absolute atomic E-state index is 12.0. The Hall–Kier alpha value is -2.31. The first-order valence-corrected chi connectivity index (χ1v) is 8.05. The van der Waals surface area contributed by atoms with Crippen molar-refractivity contribution in [2.45, 2.75) is 6.92 Å². The minimum atomic E-state index is -0.241. The third-order valence-electron chi connectivity index (χ3n) is 3.19. The van der Waals surface area contributed by atoms with Crippen LogP contribution < -0.4 is 15.8 Å². The van der Waals surface area contributed by atoms with Crippen molar-refractivity contribution < 1.29 is 9.53 Å². The zero-order valence-electron chi connectivity index (χ0n) is 12.3. The van der Waals surface area contributed by atoms with E-state index in [1.54, 1.807) is 24.3 Å². The van der Waals surface area contributed by atoms with Gasteiger partial charge in [0.1, 0.15) is 5.75 Å². The first-order chi connectivity index (χ1) is 11.0. The van der Waals surface area contributed by atoms with Crippen LogP contribution in [0, 0.1) is 6.92 Å². The van der Waals surface area contributed by atoms with Gasteiger partial charge in [0, 0.05) is 10.7 Å². The summed E-state index contributed by atoms with van der Waals surface area (Å²) in [5.74, 6) is 0.363. The summed E-state index contributed by atoms with van der Waals surface area (Å²) in [5.41, 5.74) is 8.07. The van der Waals surface area contributed by atoms with Crippen LogP contribution in [0.2, 0.25) is 5.02 Å². The molecule has 1 heterocycles. The van der Waals surface area contributed by atoms with Gasteiger partial charge in [0.2, 0.25) is 0 Å². The van der Waals surface area contributed by atoms with Crippen LogP contribution in [0.25, 0.3) is 10.2 Å². The average Bonchev–Trinajstić information content (AvgIpc) is 2.88. The number of benzene rings is 2. The Balaban J connectivity index is 1.62. The van der Waals surface area contributed by atoms with Crippen molar-refractivity contribution in [3.63, 3.8) is 0 Å². The summed E-state index contributed by atoms with van der Waals surface area (Å²) in [4.78, 5) is 16.2. The third kappa shape index (κ3) is 3.72. The monoisotopic (exact) mass is 347 g/mol. The molecule has 0 fully saturated rings. The molecule has 0 radical (unpaired) electrons. The number of nitrogen functional groups attached to an aromatic ring is 1. The second-order valence-electron chi connectivity index (χ2n) is 4.98. The van der Waals surface area contributed by atoms with Crippen LogP contribution in [0.4, 0.5) is 10.8 Å². The number of hydrogen-bond donors (Lipinski definition) is 2. The molecular weight excluding hydrogens is 334 g/mol. The van der Waals surface area contributed by atoms with Gasteiger partial charge in [0.15, 0.2) is 11.7 Å². The van der Waals surface area contributed by atoms with E-state index in [0.717, 1.165) is 15.8 Å². The Morgan fingerprint density at radius 3 is 2.96 bits per heavy atom. The maximum atomic E-state index is 12.0. The molecule has 118 valence electrons. The molecule has 0 saturated heterocycles. The first-order valence-electron chi connectivity index (χ1n) is 6.86. The van der Waals surface area contributed by atoms with Crippen LogP contribution in [0.1, 0.15) is 5.56 Å². The number of nitrogens with zero attached hydrogens (tertiary/aromatic N) is 1. The highest BCUT2D eigenvalue weighted by atomic mass is 35.5. The minimum absolute atomic E-state index is 0.0794. The number of amides is 1. The first kappa shape index (κ1) is 15.6. The second kappa shape index (κ2) is 6.44. The van der Waals surface area contributed by atoms with E-state index in [1.165, 1.54) is 11.3 Å². The van der Waals surface area contributed by atoms with Crippen molar-refractivity contribution in [1.82, 2.24) is 4.98 Å². The van der Waals surface area contributed by atoms with Crippen LogP contribution in [-0.2, 0) is 4.79 Å². The van der Waals surface area contributed by atoms with Crippen molar-refractivity contribution >= 4 is 49.9 Å². The Bertz CT molecular complexity index is 879. The van der Waals surface area contributed by atoms with E-state index in [4.69, 9.17) is 22.1 Å². The Labute approximate surface area is 142 Å². The number of nitrogens with one attached hydrogen (secondary N) is 1. The average molecular weight is 348 g/mol. The Morgan fingerprint density at radius 2 is 2.17 bits per heavy atom. The van der Waals surface area contributed by atoms with E-state index in [9.17, 15) is 4.79 Å². The van der Waals surface area contributed by atoms with Gasteiger partial charge in [-0.3, -0.25) is 4.79 Å². The quantitative estimate of drug-likeness (QED) is 0.751. The molecule has 0 unspecified atom stereocenters. The van der Waals surface area contributed by atoms with Gasteiger partial charge in [0.25, 0.3) is 5.91 Å². The number of carbonyl (C=O) groups is 1. The number of nitrogens with two attached hydrogens (primary N) is 1. The van der Waals surface area contributed by atoms with Crippen LogP contribution in [0.15, 0.2) is 36.4 Å². The van der Waals surface area contributed by atoms with E-state index in [0.29, 0.717) is 21.6 Å². The molecule has 2 aromatic carbocycles. The van der Waals surface area contributed by atoms with Crippen LogP contribution in [0.3, 0.4) is 0 Å². The summed E-state index contributed by atoms with van der Waals surface area (Å²) < 4.78 is 6.39. The molecule has 0 saturated carbocycles. The lowest BCUT2D eigenvalue weighted by Gasteiger charge is -2.08. The largest absolute Gasteiger partial charge is 0.484 e. The van der Waals surface area contributed by atoms with Gasteiger partial charge in [-0.2, -0.15) is 0 Å². The number of carbonyl (C=O) groups excluding carboxylic acids is 1. The molecule has 23 heavy (non-hydrogen) atoms. The summed E-state index contributed by atoms with van der Waals surface area (Å²) in [6, 6.07) is 10.7. The number of anilines is 2. The number of hydrogen-bond acceptors (Lipinski definition) is 5. The fourth-order valence-electron chi connectivity index (χ4n) is 2.07. The van der Waals surface area contributed by atoms with Gasteiger partial charge in [-0.25, -0.2) is 4.98 Å². The SMILES string of the molecule is Cc1cc(OCC(=O)Nc2ccc3nc(N)sc3c2)ccc1Cl. The predicted molar refractivity (Wildman–Crippen MR) is 94.3 cm³/mol. The Morgan fingerprint density at radius 1 is 1.35 bits per heavy atom. The third-order valence-corrected chi connectivity index (χ3v) is 4.46. The smallest absolute Gasteiger partial charge is 0.262 e. The number of thiazole rings is 1. The molecule has 3 rings (SSSR count). The number of halogens is 1. The van der Waals surface area contributed by atoms with Crippen LogP contribution in [-0.4, -0.2) is 17.5 Å². The molecule has 5 nitrogen and oxygen atoms in total. The fourth-order valence-corrected chi connectivity index (χ4v) is 2.96. The highest BCUT2D eigenvalue weighted by Gasteiger charge is 2.07. The standard InChI is InChI=1S/C16H14ClN3O2S/c1-9-6-11(3-4-12(9)17)22-8-15(21)19-10-2-5-13-14(7-10)23-16(18)20-13/h2-7H,8H2,1H3,(H2,18,20)(H,19,21). The van der Waals surface area contributed by atoms with Crippen molar-refractivity contribution in [2.75, 3.05) is 17.7 Å². The van der Waals surface area contributed by atoms with Crippen molar-refractivity contribution in [1.29, 1.82) is 0 Å². The summed E-state index contributed by atoms with van der Waals surface area (Å²) >= 11 is 7.33. The van der Waals surface area contributed by atoms with Gasteiger partial charge < -0.3 is 15.8 Å². The molecule has 7 heteroatoms. The van der Waals surface area contributed by atoms with E-state index < -0.39 is 0 Å². The second-order valence-corrected chi connectivity index (χ2v) is 6.45. The lowest BCUT2D eigenvalue weighted by atomic mass is 10.2. The van der Waals surface area contributed by atoms with E-state index in [-0.39, 0.29) is 12.5 Å². The Kier molecular flexibility index (Phi) is 4.36. The number of aryl methyl sites for hydroxylation is 1. The molecule has 0 bridgehead atoms. The summed E-state index contributed by atoms with van der Waals surface area (Å²) in [7, 11) is 0. The van der Waals surface area contributed by atoms with Gasteiger partial charge in [0.05, 0.1) is 10.2 Å². The molecule has 0 aliphatic heterocycles. The molecule has 0 aliphatic rings. The highest BCUT2D eigenvalue weighted by molar-refractivity contribution is 7.22. The lowest BCUT2D eigenvalue weighted by molar-refractivity contribution is -0.118. The van der Waals surface area contributed by atoms with Crippen molar-refractivity contribution in [3.8, 4) is 5.75 Å². The summed E-state index contributed by atoms with van der Waals surface area (Å²) in [5, 5.41) is 3.96. The molecule has 1 amide bonds. The van der Waals surface area contributed by atoms with Gasteiger partial charge in [-0.15, -0.1) is 0 Å². The van der Waals surface area contributed by atoms with E-state index >= 15 is 0 Å². The topological polar surface area (TPSA) is 77.2 Å². The van der Waals surface area contributed by atoms with E-state index in [1.807, 2.05) is 19.1 Å². The zero-order chi connectivity index (χ0) is 16.4. The number of ether oxygens (including phenoxy) is 1. The summed E-state index contributed by atoms with van der Waals surface area (Å²) in [6.45, 7) is 1.80. The maximum Gasteiger partial charge on any atom is 0.262 e. The predicted octanol–water partition coefficient (Wildman–Crippen LogP) is 3.86. The van der Waals surface area contributed by atoms with Gasteiger partial charge >= 0.3 is 0 Å². The number of rotatable bonds is 4. The molecule has 1 aromatic heterocycles. The zero-order valence-corrected chi connectivity index (χ0v) is 13.9. The van der Waals surface area contributed by atoms with Gasteiger partial charge in [-0.05, 0) is 48.9 Å². The van der Waals surface area contributed by atoms with Crippen LogP contribution in [0.5, 0.6) is 5.75 Å². The lowest BCUT2D eigenvalue weighted by Crippen LogP contribution is -2.20. The number of fused-ring (bicyclic) bond motifs is 1. The molecular formula is C16H14ClN3O2S. The molecule has 3 N–H and O–H groups in total. The normalized spacial score (nSPS) is 10.7. The van der Waals surface area contributed by atoms with E-state index in [2.05, 4.69) is 10.3 Å². The van der Waals surface area contributed by atoms with Crippen molar-refractivity contribution in [3.05, 3.63) is 47.0 Å². The number of aromatic nitrogens is 1. The molecule has 0 atom stereocenters. The van der Waals surface area contributed by atoms with Crippen LogP contribution >= 0.6 is 22.9 Å².